The molecule has 1 aliphatic heterocycles. The van der Waals surface area contributed by atoms with E-state index < -0.39 is 42.9 Å². The van der Waals surface area contributed by atoms with Gasteiger partial charge in [-0.05, 0) is 25.2 Å². The molecule has 0 radical (unpaired) electrons. The molecule has 1 amide bonds. The van der Waals surface area contributed by atoms with Gasteiger partial charge in [-0.25, -0.2) is 8.78 Å². The second-order valence-electron chi connectivity index (χ2n) is 6.01. The summed E-state index contributed by atoms with van der Waals surface area (Å²) in [7, 11) is 0. The van der Waals surface area contributed by atoms with Crippen LogP contribution in [0.2, 0.25) is 0 Å². The smallest absolute Gasteiger partial charge is 0.354 e. The molecule has 122 valence electrons. The van der Waals surface area contributed by atoms with Crippen molar-refractivity contribution in [2.75, 3.05) is 13.1 Å². The van der Waals surface area contributed by atoms with Crippen LogP contribution < -0.4 is 10.6 Å². The fourth-order valence-corrected chi connectivity index (χ4v) is 3.04. The van der Waals surface area contributed by atoms with Crippen LogP contribution in [0.3, 0.4) is 0 Å². The highest BCUT2D eigenvalue weighted by Crippen LogP contribution is 2.39. The predicted octanol–water partition coefficient (Wildman–Crippen LogP) is 2.47. The second-order valence-corrected chi connectivity index (χ2v) is 6.01. The molecule has 0 spiro atoms. The van der Waals surface area contributed by atoms with E-state index in [2.05, 4.69) is 10.6 Å². The van der Waals surface area contributed by atoms with Crippen molar-refractivity contribution >= 4 is 5.91 Å². The summed E-state index contributed by atoms with van der Waals surface area (Å²) in [4.78, 5) is 11.7. The molecule has 0 aromatic heterocycles. The molecular weight excluding hydrogens is 295 g/mol. The van der Waals surface area contributed by atoms with Crippen molar-refractivity contribution in [3.63, 3.8) is 0 Å². The van der Waals surface area contributed by atoms with Gasteiger partial charge in [0.1, 0.15) is 0 Å². The van der Waals surface area contributed by atoms with Gasteiger partial charge in [0.2, 0.25) is 5.91 Å². The van der Waals surface area contributed by atoms with Crippen LogP contribution in [0.4, 0.5) is 22.0 Å². The first-order valence-corrected chi connectivity index (χ1v) is 7.13. The Morgan fingerprint density at radius 1 is 1.29 bits per heavy atom. The third-order valence-corrected chi connectivity index (χ3v) is 4.24. The van der Waals surface area contributed by atoms with Gasteiger partial charge in [0.15, 0.2) is 0 Å². The summed E-state index contributed by atoms with van der Waals surface area (Å²) in [5, 5.41) is 4.93. The summed E-state index contributed by atoms with van der Waals surface area (Å²) in [5.74, 6) is -5.01. The Kier molecular flexibility index (Phi) is 4.75. The van der Waals surface area contributed by atoms with E-state index >= 15 is 0 Å². The van der Waals surface area contributed by atoms with Crippen LogP contribution >= 0.6 is 0 Å². The van der Waals surface area contributed by atoms with Crippen molar-refractivity contribution in [1.82, 2.24) is 10.6 Å². The maximum atomic E-state index is 13.0. The highest BCUT2D eigenvalue weighted by Gasteiger charge is 2.43. The number of nitrogens with one attached hydrogen (secondary N) is 2. The van der Waals surface area contributed by atoms with Crippen LogP contribution in [-0.4, -0.2) is 37.1 Å². The first-order valence-electron chi connectivity index (χ1n) is 7.13. The van der Waals surface area contributed by atoms with Crippen LogP contribution in [0.25, 0.3) is 0 Å². The van der Waals surface area contributed by atoms with Crippen molar-refractivity contribution in [3.05, 3.63) is 0 Å². The number of rotatable bonds is 3. The summed E-state index contributed by atoms with van der Waals surface area (Å²) < 4.78 is 63.9. The SMILES string of the molecule is O=C(NCC1CCCC(C(F)(F)F)C1)C1CC(F)(F)CN1. The topological polar surface area (TPSA) is 41.1 Å². The van der Waals surface area contributed by atoms with E-state index in [1.54, 1.807) is 0 Å². The van der Waals surface area contributed by atoms with Gasteiger partial charge in [0, 0.05) is 13.0 Å². The molecule has 0 bridgehead atoms. The Bertz CT molecular complexity index is 385. The van der Waals surface area contributed by atoms with Crippen molar-refractivity contribution in [1.29, 1.82) is 0 Å². The molecule has 3 atom stereocenters. The van der Waals surface area contributed by atoms with Gasteiger partial charge >= 0.3 is 6.18 Å². The Balaban J connectivity index is 1.76. The average molecular weight is 314 g/mol. The van der Waals surface area contributed by atoms with Gasteiger partial charge in [0.05, 0.1) is 18.5 Å². The molecular formula is C13H19F5N2O. The number of carbonyl (C=O) groups excluding carboxylic acids is 1. The highest BCUT2D eigenvalue weighted by molar-refractivity contribution is 5.82. The summed E-state index contributed by atoms with van der Waals surface area (Å²) in [5.41, 5.74) is 0. The summed E-state index contributed by atoms with van der Waals surface area (Å²) in [6, 6.07) is -0.956. The zero-order chi connectivity index (χ0) is 15.7. The first kappa shape index (κ1) is 16.5. The van der Waals surface area contributed by atoms with Gasteiger partial charge in [-0.15, -0.1) is 0 Å². The molecule has 1 heterocycles. The van der Waals surface area contributed by atoms with E-state index in [9.17, 15) is 26.7 Å². The second kappa shape index (κ2) is 6.06. The molecule has 2 rings (SSSR count). The van der Waals surface area contributed by atoms with Gasteiger partial charge in [0.25, 0.3) is 5.92 Å². The minimum atomic E-state index is -4.20. The molecule has 1 saturated carbocycles. The van der Waals surface area contributed by atoms with Crippen molar-refractivity contribution < 1.29 is 26.7 Å². The normalized spacial score (nSPS) is 32.9. The Morgan fingerprint density at radius 3 is 2.57 bits per heavy atom. The minimum Gasteiger partial charge on any atom is -0.354 e. The van der Waals surface area contributed by atoms with E-state index in [1.807, 2.05) is 0 Å². The van der Waals surface area contributed by atoms with Crippen LogP contribution in [0.15, 0.2) is 0 Å². The highest BCUT2D eigenvalue weighted by atomic mass is 19.4. The maximum absolute atomic E-state index is 13.0. The van der Waals surface area contributed by atoms with Crippen molar-refractivity contribution in [2.24, 2.45) is 11.8 Å². The zero-order valence-electron chi connectivity index (χ0n) is 11.5. The van der Waals surface area contributed by atoms with Gasteiger partial charge in [-0.1, -0.05) is 6.42 Å². The lowest BCUT2D eigenvalue weighted by molar-refractivity contribution is -0.185. The minimum absolute atomic E-state index is 0.00195. The number of alkyl halides is 5. The molecule has 8 heteroatoms. The lowest BCUT2D eigenvalue weighted by Gasteiger charge is -2.30. The number of carbonyl (C=O) groups is 1. The van der Waals surface area contributed by atoms with E-state index in [0.29, 0.717) is 12.8 Å². The Hall–Kier alpha value is -0.920. The van der Waals surface area contributed by atoms with Crippen LogP contribution in [0, 0.1) is 11.8 Å². The molecule has 2 fully saturated rings. The largest absolute Gasteiger partial charge is 0.391 e. The summed E-state index contributed by atoms with van der Waals surface area (Å²) >= 11 is 0. The maximum Gasteiger partial charge on any atom is 0.391 e. The van der Waals surface area contributed by atoms with Crippen LogP contribution in [0.1, 0.15) is 32.1 Å². The average Bonchev–Trinajstić information content (AvgIpc) is 2.76. The zero-order valence-corrected chi connectivity index (χ0v) is 11.5. The lowest BCUT2D eigenvalue weighted by atomic mass is 9.81. The van der Waals surface area contributed by atoms with Gasteiger partial charge < -0.3 is 5.32 Å². The number of hydrogen-bond acceptors (Lipinski definition) is 2. The monoisotopic (exact) mass is 314 g/mol. The number of amides is 1. The molecule has 0 aromatic carbocycles. The molecule has 21 heavy (non-hydrogen) atoms. The molecule has 0 aromatic rings. The third kappa shape index (κ3) is 4.52. The van der Waals surface area contributed by atoms with Gasteiger partial charge in [-0.2, -0.15) is 13.2 Å². The first-order chi connectivity index (χ1) is 9.67. The predicted molar refractivity (Wildman–Crippen MR) is 65.9 cm³/mol. The molecule has 1 saturated heterocycles. The molecule has 2 aliphatic rings. The molecule has 1 aliphatic carbocycles. The Labute approximate surface area is 119 Å². The lowest BCUT2D eigenvalue weighted by Crippen LogP contribution is -2.43. The Morgan fingerprint density at radius 2 is 2.00 bits per heavy atom. The molecule has 3 nitrogen and oxygen atoms in total. The summed E-state index contributed by atoms with van der Waals surface area (Å²) in [6.07, 6.45) is -3.53. The quantitative estimate of drug-likeness (QED) is 0.786. The van der Waals surface area contributed by atoms with E-state index in [-0.39, 0.29) is 25.3 Å². The van der Waals surface area contributed by atoms with Crippen LogP contribution in [-0.2, 0) is 4.79 Å². The van der Waals surface area contributed by atoms with E-state index in [4.69, 9.17) is 0 Å². The van der Waals surface area contributed by atoms with Crippen molar-refractivity contribution in [3.8, 4) is 0 Å². The number of halogens is 5. The fraction of sp³-hybridized carbons (Fsp3) is 0.923. The molecule has 2 N–H and O–H groups in total. The standard InChI is InChI=1S/C13H19F5N2O/c14-12(15)5-10(20-7-12)11(21)19-6-8-2-1-3-9(4-8)13(16,17)18/h8-10,20H,1-7H2,(H,19,21). The number of hydrogen-bond donors (Lipinski definition) is 2. The molecule has 3 unspecified atom stereocenters. The van der Waals surface area contributed by atoms with Crippen molar-refractivity contribution in [2.45, 2.75) is 50.2 Å². The summed E-state index contributed by atoms with van der Waals surface area (Å²) in [6.45, 7) is -0.417. The van der Waals surface area contributed by atoms with Gasteiger partial charge in [-0.3, -0.25) is 10.1 Å². The van der Waals surface area contributed by atoms with E-state index in [1.165, 1.54) is 0 Å². The fourth-order valence-electron chi connectivity index (χ4n) is 3.04. The van der Waals surface area contributed by atoms with E-state index in [0.717, 1.165) is 0 Å². The van der Waals surface area contributed by atoms with Crippen LogP contribution in [0.5, 0.6) is 0 Å². The third-order valence-electron chi connectivity index (χ3n) is 4.24.